The number of sulfonamides is 1. The average Bonchev–Trinajstić information content (AvgIpc) is 3.10. The van der Waals surface area contributed by atoms with Gasteiger partial charge in [-0.3, -0.25) is 4.79 Å². The Kier molecular flexibility index (Phi) is 6.45. The molecule has 25 heavy (non-hydrogen) atoms. The summed E-state index contributed by atoms with van der Waals surface area (Å²) in [7, 11) is -3.46. The first-order valence-electron chi connectivity index (χ1n) is 7.66. The summed E-state index contributed by atoms with van der Waals surface area (Å²) >= 11 is 1.20. The molecule has 2 heterocycles. The Morgan fingerprint density at radius 1 is 1.20 bits per heavy atom. The zero-order valence-corrected chi connectivity index (χ0v) is 15.9. The minimum Gasteiger partial charge on any atom is -0.399 e. The Balaban J connectivity index is 0.00000225. The number of likely N-dealkylation sites (tertiary alicyclic amines) is 1. The minimum atomic E-state index is -3.46. The van der Waals surface area contributed by atoms with Crippen LogP contribution in [0.5, 0.6) is 0 Å². The zero-order chi connectivity index (χ0) is 17.2. The molecule has 1 amide bonds. The van der Waals surface area contributed by atoms with Crippen LogP contribution in [0.3, 0.4) is 0 Å². The second-order valence-corrected chi connectivity index (χ2v) is 8.63. The number of amides is 1. The predicted molar refractivity (Wildman–Crippen MR) is 102 cm³/mol. The van der Waals surface area contributed by atoms with Gasteiger partial charge in [0.2, 0.25) is 10.0 Å². The third-order valence-corrected chi connectivity index (χ3v) is 6.92. The fraction of sp³-hybridized carbons (Fsp3) is 0.312. The van der Waals surface area contributed by atoms with E-state index < -0.39 is 10.0 Å². The summed E-state index contributed by atoms with van der Waals surface area (Å²) in [6, 6.07) is 10.0. The van der Waals surface area contributed by atoms with Crippen molar-refractivity contribution in [1.82, 2.24) is 9.62 Å². The summed E-state index contributed by atoms with van der Waals surface area (Å²) in [5.74, 6) is -0.0677. The summed E-state index contributed by atoms with van der Waals surface area (Å²) < 4.78 is 27.5. The molecule has 1 fully saturated rings. The molecule has 136 valence electrons. The lowest BCUT2D eigenvalue weighted by Crippen LogP contribution is -2.46. The van der Waals surface area contributed by atoms with Gasteiger partial charge in [0.1, 0.15) is 4.21 Å². The van der Waals surface area contributed by atoms with Gasteiger partial charge in [-0.15, -0.1) is 23.7 Å². The number of hydrogen-bond donors (Lipinski definition) is 2. The number of piperidine rings is 1. The van der Waals surface area contributed by atoms with E-state index in [0.717, 1.165) is 0 Å². The maximum atomic E-state index is 12.5. The van der Waals surface area contributed by atoms with Gasteiger partial charge in [0.05, 0.1) is 0 Å². The molecule has 0 saturated carbocycles. The molecule has 6 nitrogen and oxygen atoms in total. The SMILES string of the molecule is Cl.Nc1cccc(C(=O)N2CCC(NS(=O)(=O)c3cccs3)CC2)c1. The van der Waals surface area contributed by atoms with E-state index in [-0.39, 0.29) is 24.4 Å². The molecule has 1 aliphatic heterocycles. The molecule has 0 bridgehead atoms. The van der Waals surface area contributed by atoms with Crippen LogP contribution in [0.25, 0.3) is 0 Å². The van der Waals surface area contributed by atoms with Crippen molar-refractivity contribution in [2.45, 2.75) is 23.1 Å². The van der Waals surface area contributed by atoms with Crippen LogP contribution in [-0.2, 0) is 10.0 Å². The lowest BCUT2D eigenvalue weighted by atomic mass is 10.0. The van der Waals surface area contributed by atoms with Gasteiger partial charge >= 0.3 is 0 Å². The molecule has 0 atom stereocenters. The lowest BCUT2D eigenvalue weighted by Gasteiger charge is -2.32. The highest BCUT2D eigenvalue weighted by Gasteiger charge is 2.27. The first-order chi connectivity index (χ1) is 11.5. The average molecular weight is 402 g/mol. The summed E-state index contributed by atoms with van der Waals surface area (Å²) in [5.41, 5.74) is 6.83. The molecule has 2 aromatic rings. The number of nitrogens with two attached hydrogens (primary N) is 1. The zero-order valence-electron chi connectivity index (χ0n) is 13.4. The number of hydrogen-bond acceptors (Lipinski definition) is 5. The molecule has 0 aliphatic carbocycles. The number of nitrogens with one attached hydrogen (secondary N) is 1. The topological polar surface area (TPSA) is 92.5 Å². The van der Waals surface area contributed by atoms with Gasteiger partial charge in [-0.2, -0.15) is 0 Å². The number of halogens is 1. The van der Waals surface area contributed by atoms with Crippen LogP contribution in [-0.4, -0.2) is 38.4 Å². The molecule has 0 spiro atoms. The van der Waals surface area contributed by atoms with Gasteiger partial charge in [0.25, 0.3) is 5.91 Å². The van der Waals surface area contributed by atoms with Gasteiger partial charge < -0.3 is 10.6 Å². The number of anilines is 1. The maximum absolute atomic E-state index is 12.5. The molecule has 3 N–H and O–H groups in total. The fourth-order valence-corrected chi connectivity index (χ4v) is 5.06. The van der Waals surface area contributed by atoms with Gasteiger partial charge in [-0.05, 0) is 42.5 Å². The number of carbonyl (C=O) groups excluding carboxylic acids is 1. The molecule has 0 unspecified atom stereocenters. The standard InChI is InChI=1S/C16H19N3O3S2.ClH/c17-13-4-1-3-12(11-13)16(20)19-8-6-14(7-9-19)18-24(21,22)15-5-2-10-23-15;/h1-5,10-11,14,18H,6-9,17H2;1H. The summed E-state index contributed by atoms with van der Waals surface area (Å²) in [4.78, 5) is 14.2. The number of carbonyl (C=O) groups is 1. The van der Waals surface area contributed by atoms with E-state index in [4.69, 9.17) is 5.73 Å². The summed E-state index contributed by atoms with van der Waals surface area (Å²) in [6.45, 7) is 1.04. The van der Waals surface area contributed by atoms with Crippen molar-refractivity contribution in [2.75, 3.05) is 18.8 Å². The highest BCUT2D eigenvalue weighted by molar-refractivity contribution is 7.91. The van der Waals surface area contributed by atoms with Crippen LogP contribution >= 0.6 is 23.7 Å². The number of rotatable bonds is 4. The molecular formula is C16H20ClN3O3S2. The van der Waals surface area contributed by atoms with Crippen molar-refractivity contribution in [2.24, 2.45) is 0 Å². The Labute approximate surface area is 157 Å². The van der Waals surface area contributed by atoms with Crippen LogP contribution in [0.4, 0.5) is 5.69 Å². The van der Waals surface area contributed by atoms with E-state index in [1.165, 1.54) is 11.3 Å². The number of benzene rings is 1. The highest BCUT2D eigenvalue weighted by Crippen LogP contribution is 2.20. The van der Waals surface area contributed by atoms with Gasteiger partial charge in [-0.1, -0.05) is 12.1 Å². The molecule has 1 aliphatic rings. The summed E-state index contributed by atoms with van der Waals surface area (Å²) in [6.07, 6.45) is 1.19. The van der Waals surface area contributed by atoms with E-state index in [1.807, 2.05) is 0 Å². The lowest BCUT2D eigenvalue weighted by molar-refractivity contribution is 0.0711. The Bertz CT molecular complexity index is 817. The molecule has 1 aromatic carbocycles. The first kappa shape index (κ1) is 19.7. The Hall–Kier alpha value is -1.61. The Morgan fingerprint density at radius 2 is 1.92 bits per heavy atom. The quantitative estimate of drug-likeness (QED) is 0.769. The molecule has 1 aromatic heterocycles. The molecular weight excluding hydrogens is 382 g/mol. The first-order valence-corrected chi connectivity index (χ1v) is 10.0. The third-order valence-electron chi connectivity index (χ3n) is 4.00. The van der Waals surface area contributed by atoms with Gasteiger partial charge in [-0.25, -0.2) is 13.1 Å². The largest absolute Gasteiger partial charge is 0.399 e. The molecule has 0 radical (unpaired) electrons. The van der Waals surface area contributed by atoms with Crippen molar-refractivity contribution >= 4 is 45.4 Å². The van der Waals surface area contributed by atoms with Crippen molar-refractivity contribution in [3.63, 3.8) is 0 Å². The van der Waals surface area contributed by atoms with Crippen molar-refractivity contribution in [1.29, 1.82) is 0 Å². The van der Waals surface area contributed by atoms with E-state index in [9.17, 15) is 13.2 Å². The van der Waals surface area contributed by atoms with E-state index >= 15 is 0 Å². The third kappa shape index (κ3) is 4.72. The van der Waals surface area contributed by atoms with Crippen LogP contribution in [0.2, 0.25) is 0 Å². The van der Waals surface area contributed by atoms with Crippen LogP contribution in [0.1, 0.15) is 23.2 Å². The van der Waals surface area contributed by atoms with Crippen LogP contribution < -0.4 is 10.5 Å². The second-order valence-electron chi connectivity index (χ2n) is 5.75. The van der Waals surface area contributed by atoms with Gasteiger partial charge in [0.15, 0.2) is 0 Å². The minimum absolute atomic E-state index is 0. The number of thiophene rings is 1. The Morgan fingerprint density at radius 3 is 2.52 bits per heavy atom. The van der Waals surface area contributed by atoms with E-state index in [2.05, 4.69) is 4.72 Å². The van der Waals surface area contributed by atoms with E-state index in [1.54, 1.807) is 46.7 Å². The normalized spacial score (nSPS) is 15.6. The molecule has 1 saturated heterocycles. The van der Waals surface area contributed by atoms with Crippen LogP contribution in [0.15, 0.2) is 46.0 Å². The van der Waals surface area contributed by atoms with Crippen molar-refractivity contribution < 1.29 is 13.2 Å². The van der Waals surface area contributed by atoms with Crippen molar-refractivity contribution in [3.05, 3.63) is 47.3 Å². The smallest absolute Gasteiger partial charge is 0.253 e. The van der Waals surface area contributed by atoms with Crippen LogP contribution in [0, 0.1) is 0 Å². The fourth-order valence-electron chi connectivity index (χ4n) is 2.75. The highest BCUT2D eigenvalue weighted by atomic mass is 35.5. The van der Waals surface area contributed by atoms with Crippen molar-refractivity contribution in [3.8, 4) is 0 Å². The monoisotopic (exact) mass is 401 g/mol. The second kappa shape index (κ2) is 8.18. The number of nitrogen functional groups attached to an aromatic ring is 1. The molecule has 3 rings (SSSR count). The molecule has 9 heteroatoms. The summed E-state index contributed by atoms with van der Waals surface area (Å²) in [5, 5.41) is 1.74. The number of nitrogens with zero attached hydrogens (tertiary/aromatic N) is 1. The predicted octanol–water partition coefficient (Wildman–Crippen LogP) is 2.34. The van der Waals surface area contributed by atoms with E-state index in [0.29, 0.717) is 41.4 Å². The van der Waals surface area contributed by atoms with Gasteiger partial charge in [0, 0.05) is 30.4 Å². The maximum Gasteiger partial charge on any atom is 0.253 e.